The maximum absolute atomic E-state index is 14.2. The van der Waals surface area contributed by atoms with Gasteiger partial charge in [0.2, 0.25) is 5.88 Å². The van der Waals surface area contributed by atoms with Crippen LogP contribution in [0.4, 0.5) is 27.6 Å². The SMILES string of the molecule is NCC(CCl)COc1ncncc1NC(=O)c1ccc(C(F)(F)F)c(-c2c(F)cccc2F)n1. The summed E-state index contributed by atoms with van der Waals surface area (Å²) in [6.45, 7) is 0.316. The molecular weight excluding hydrogens is 485 g/mol. The Hall–Kier alpha value is -3.38. The van der Waals surface area contributed by atoms with Crippen LogP contribution in [0.15, 0.2) is 42.9 Å². The molecule has 2 heterocycles. The molecule has 0 aliphatic rings. The van der Waals surface area contributed by atoms with Crippen molar-refractivity contribution in [1.82, 2.24) is 15.0 Å². The Morgan fingerprint density at radius 3 is 2.50 bits per heavy atom. The third-order valence-electron chi connectivity index (χ3n) is 4.56. The van der Waals surface area contributed by atoms with Crippen LogP contribution in [0.5, 0.6) is 5.88 Å². The number of carbonyl (C=O) groups excluding carboxylic acids is 1. The third kappa shape index (κ3) is 5.75. The van der Waals surface area contributed by atoms with Gasteiger partial charge in [0.25, 0.3) is 5.91 Å². The Morgan fingerprint density at radius 1 is 1.18 bits per heavy atom. The van der Waals surface area contributed by atoms with Gasteiger partial charge in [-0.3, -0.25) is 4.79 Å². The topological polar surface area (TPSA) is 103 Å². The van der Waals surface area contributed by atoms with Gasteiger partial charge in [0, 0.05) is 11.8 Å². The molecule has 0 saturated carbocycles. The molecule has 2 aromatic heterocycles. The molecule has 180 valence electrons. The largest absolute Gasteiger partial charge is 0.476 e. The number of benzene rings is 1. The number of hydrogen-bond acceptors (Lipinski definition) is 6. The molecule has 0 aliphatic heterocycles. The first-order valence-electron chi connectivity index (χ1n) is 9.68. The first-order chi connectivity index (χ1) is 16.2. The van der Waals surface area contributed by atoms with E-state index >= 15 is 0 Å². The molecule has 1 aromatic carbocycles. The first kappa shape index (κ1) is 25.2. The monoisotopic (exact) mass is 501 g/mol. The van der Waals surface area contributed by atoms with Gasteiger partial charge in [-0.1, -0.05) is 6.07 Å². The summed E-state index contributed by atoms with van der Waals surface area (Å²) in [5, 5.41) is 2.37. The van der Waals surface area contributed by atoms with E-state index in [9.17, 15) is 26.7 Å². The predicted molar refractivity (Wildman–Crippen MR) is 113 cm³/mol. The number of hydrogen-bond donors (Lipinski definition) is 2. The molecule has 0 aliphatic carbocycles. The van der Waals surface area contributed by atoms with E-state index in [4.69, 9.17) is 22.1 Å². The van der Waals surface area contributed by atoms with Crippen molar-refractivity contribution in [3.05, 3.63) is 65.7 Å². The van der Waals surface area contributed by atoms with E-state index in [2.05, 4.69) is 20.3 Å². The van der Waals surface area contributed by atoms with E-state index in [1.54, 1.807) is 0 Å². The van der Waals surface area contributed by atoms with Gasteiger partial charge in [0.05, 0.1) is 29.6 Å². The van der Waals surface area contributed by atoms with Gasteiger partial charge in [-0.05, 0) is 30.8 Å². The molecule has 1 atom stereocenters. The van der Waals surface area contributed by atoms with E-state index in [0.29, 0.717) is 6.07 Å². The molecule has 3 N–H and O–H groups in total. The molecule has 34 heavy (non-hydrogen) atoms. The van der Waals surface area contributed by atoms with Gasteiger partial charge in [-0.25, -0.2) is 18.7 Å². The van der Waals surface area contributed by atoms with Gasteiger partial charge in [0.15, 0.2) is 0 Å². The lowest BCUT2D eigenvalue weighted by Crippen LogP contribution is -2.24. The maximum Gasteiger partial charge on any atom is 0.418 e. The highest BCUT2D eigenvalue weighted by atomic mass is 35.5. The highest BCUT2D eigenvalue weighted by molar-refractivity contribution is 6.18. The second kappa shape index (κ2) is 10.7. The molecule has 7 nitrogen and oxygen atoms in total. The smallest absolute Gasteiger partial charge is 0.418 e. The number of aromatic nitrogens is 3. The van der Waals surface area contributed by atoms with Crippen molar-refractivity contribution in [3.63, 3.8) is 0 Å². The molecule has 0 saturated heterocycles. The number of halogens is 6. The van der Waals surface area contributed by atoms with Crippen LogP contribution in [-0.2, 0) is 6.18 Å². The summed E-state index contributed by atoms with van der Waals surface area (Å²) in [6.07, 6.45) is -2.64. The molecule has 13 heteroatoms. The zero-order chi connectivity index (χ0) is 24.9. The molecule has 1 unspecified atom stereocenters. The lowest BCUT2D eigenvalue weighted by atomic mass is 10.0. The maximum atomic E-state index is 14.2. The summed E-state index contributed by atoms with van der Waals surface area (Å²) in [5.74, 6) is -3.55. The normalized spacial score (nSPS) is 12.3. The van der Waals surface area contributed by atoms with E-state index in [-0.39, 0.29) is 36.5 Å². The van der Waals surface area contributed by atoms with Crippen molar-refractivity contribution in [2.75, 3.05) is 24.3 Å². The molecule has 3 aromatic rings. The number of nitrogens with two attached hydrogens (primary N) is 1. The van der Waals surface area contributed by atoms with Crippen LogP contribution in [0.1, 0.15) is 16.1 Å². The molecule has 0 bridgehead atoms. The minimum Gasteiger partial charge on any atom is -0.476 e. The summed E-state index contributed by atoms with van der Waals surface area (Å²) >= 11 is 5.77. The summed E-state index contributed by atoms with van der Waals surface area (Å²) < 4.78 is 74.5. The number of amides is 1. The fraction of sp³-hybridized carbons (Fsp3) is 0.238. The zero-order valence-corrected chi connectivity index (χ0v) is 18.0. The van der Waals surface area contributed by atoms with Gasteiger partial charge < -0.3 is 15.8 Å². The number of pyridine rings is 1. The Balaban J connectivity index is 1.96. The van der Waals surface area contributed by atoms with Crippen LogP contribution in [0.25, 0.3) is 11.3 Å². The summed E-state index contributed by atoms with van der Waals surface area (Å²) in [7, 11) is 0. The number of nitrogens with zero attached hydrogens (tertiary/aromatic N) is 3. The first-order valence-corrected chi connectivity index (χ1v) is 10.2. The molecule has 0 fully saturated rings. The molecule has 1 amide bonds. The van der Waals surface area contributed by atoms with E-state index in [0.717, 1.165) is 30.6 Å². The number of alkyl halides is 4. The van der Waals surface area contributed by atoms with Gasteiger partial charge in [-0.2, -0.15) is 18.2 Å². The second-order valence-electron chi connectivity index (χ2n) is 6.95. The highest BCUT2D eigenvalue weighted by Crippen LogP contribution is 2.38. The quantitative estimate of drug-likeness (QED) is 0.353. The Bertz CT molecular complexity index is 1150. The van der Waals surface area contributed by atoms with Gasteiger partial charge in [-0.15, -0.1) is 11.6 Å². The number of rotatable bonds is 8. The van der Waals surface area contributed by atoms with Crippen molar-refractivity contribution < 1.29 is 31.5 Å². The van der Waals surface area contributed by atoms with Gasteiger partial charge in [0.1, 0.15) is 29.3 Å². The average molecular weight is 502 g/mol. The van der Waals surface area contributed by atoms with E-state index < -0.39 is 46.2 Å². The highest BCUT2D eigenvalue weighted by Gasteiger charge is 2.36. The number of anilines is 1. The van der Waals surface area contributed by atoms with Crippen LogP contribution in [0.3, 0.4) is 0 Å². The predicted octanol–water partition coefficient (Wildman–Crippen LogP) is 4.28. The van der Waals surface area contributed by atoms with Crippen LogP contribution < -0.4 is 15.8 Å². The van der Waals surface area contributed by atoms with Gasteiger partial charge >= 0.3 is 6.18 Å². The molecule has 0 spiro atoms. The number of nitrogens with one attached hydrogen (secondary N) is 1. The molecule has 0 radical (unpaired) electrons. The van der Waals surface area contributed by atoms with Crippen LogP contribution >= 0.6 is 11.6 Å². The standard InChI is InChI=1S/C21H17ClF5N5O2/c22-6-11(7-28)9-34-20-16(8-29-10-30-20)32-19(33)15-5-4-12(21(25,26)27)18(31-15)17-13(23)2-1-3-14(17)24/h1-5,8,10-11H,6-7,9,28H2,(H,32,33). The minimum atomic E-state index is -4.98. The minimum absolute atomic E-state index is 0.0156. The molecular formula is C21H17ClF5N5O2. The fourth-order valence-electron chi connectivity index (χ4n) is 2.81. The van der Waals surface area contributed by atoms with Crippen molar-refractivity contribution in [1.29, 1.82) is 0 Å². The summed E-state index contributed by atoms with van der Waals surface area (Å²) in [5.41, 5.74) is 1.52. The van der Waals surface area contributed by atoms with Crippen molar-refractivity contribution in [2.45, 2.75) is 6.18 Å². The van der Waals surface area contributed by atoms with E-state index in [1.165, 1.54) is 6.20 Å². The second-order valence-corrected chi connectivity index (χ2v) is 7.26. The Kier molecular flexibility index (Phi) is 7.94. The van der Waals surface area contributed by atoms with Crippen LogP contribution in [0, 0.1) is 17.6 Å². The number of carbonyl (C=O) groups is 1. The fourth-order valence-corrected chi connectivity index (χ4v) is 3.02. The summed E-state index contributed by atoms with van der Waals surface area (Å²) in [6, 6.07) is 3.87. The van der Waals surface area contributed by atoms with Crippen molar-refractivity contribution in [3.8, 4) is 17.1 Å². The van der Waals surface area contributed by atoms with Crippen molar-refractivity contribution in [2.24, 2.45) is 11.7 Å². The lowest BCUT2D eigenvalue weighted by Gasteiger charge is -2.16. The molecule has 3 rings (SSSR count). The average Bonchev–Trinajstić information content (AvgIpc) is 2.80. The van der Waals surface area contributed by atoms with Crippen LogP contribution in [-0.4, -0.2) is 39.9 Å². The van der Waals surface area contributed by atoms with Crippen LogP contribution in [0.2, 0.25) is 0 Å². The number of ether oxygens (including phenoxy) is 1. The lowest BCUT2D eigenvalue weighted by molar-refractivity contribution is -0.137. The summed E-state index contributed by atoms with van der Waals surface area (Å²) in [4.78, 5) is 24.0. The van der Waals surface area contributed by atoms with E-state index in [1.807, 2.05) is 0 Å². The third-order valence-corrected chi connectivity index (χ3v) is 5.00. The Labute approximate surface area is 195 Å². The van der Waals surface area contributed by atoms with Crippen molar-refractivity contribution >= 4 is 23.2 Å². The zero-order valence-electron chi connectivity index (χ0n) is 17.2. The Morgan fingerprint density at radius 2 is 1.88 bits per heavy atom.